The summed E-state index contributed by atoms with van der Waals surface area (Å²) in [5, 5.41) is 11.5. The topological polar surface area (TPSA) is 64.3 Å². The smallest absolute Gasteiger partial charge is 0.237 e. The van der Waals surface area contributed by atoms with Gasteiger partial charge in [0.25, 0.3) is 0 Å². The molecule has 2 fully saturated rings. The van der Waals surface area contributed by atoms with E-state index < -0.39 is 0 Å². The zero-order chi connectivity index (χ0) is 17.9. The van der Waals surface area contributed by atoms with Crippen molar-refractivity contribution in [2.45, 2.75) is 51.2 Å². The Bertz CT molecular complexity index is 743. The highest BCUT2D eigenvalue weighted by molar-refractivity contribution is 5.81. The minimum atomic E-state index is -0.0286. The van der Waals surface area contributed by atoms with E-state index in [1.807, 2.05) is 13.1 Å². The molecule has 1 atom stereocenters. The van der Waals surface area contributed by atoms with E-state index in [0.717, 1.165) is 56.5 Å². The molecule has 2 N–H and O–H groups in total. The number of fused-ring (bicyclic) bond motifs is 1. The van der Waals surface area contributed by atoms with Crippen LogP contribution in [-0.4, -0.2) is 64.2 Å². The number of hydrogen-bond acceptors (Lipinski definition) is 4. The highest BCUT2D eigenvalue weighted by atomic mass is 16.2. The molecule has 0 spiro atoms. The Hall–Kier alpha value is -1.92. The number of rotatable bonds is 5. The van der Waals surface area contributed by atoms with Gasteiger partial charge in [-0.3, -0.25) is 19.7 Å². The number of nitrogens with zero attached hydrogens (tertiary/aromatic N) is 3. The Morgan fingerprint density at radius 2 is 2.04 bits per heavy atom. The van der Waals surface area contributed by atoms with Crippen LogP contribution in [0, 0.1) is 0 Å². The molecule has 1 amide bonds. The molecule has 1 saturated carbocycles. The number of aromatic amines is 1. The first-order chi connectivity index (χ1) is 12.7. The second-order valence-electron chi connectivity index (χ2n) is 7.77. The van der Waals surface area contributed by atoms with Crippen LogP contribution in [0.5, 0.6) is 0 Å². The Morgan fingerprint density at radius 1 is 1.27 bits per heavy atom. The summed E-state index contributed by atoms with van der Waals surface area (Å²) in [6, 6.07) is 6.87. The zero-order valence-corrected chi connectivity index (χ0v) is 15.6. The molecule has 0 radical (unpaired) electrons. The number of carbonyl (C=O) groups is 1. The van der Waals surface area contributed by atoms with Crippen molar-refractivity contribution in [3.05, 3.63) is 30.0 Å². The first kappa shape index (κ1) is 17.5. The predicted molar refractivity (Wildman–Crippen MR) is 103 cm³/mol. The molecule has 1 aromatic heterocycles. The number of benzene rings is 1. The minimum Gasteiger partial charge on any atom is -0.352 e. The number of hydrogen-bond donors (Lipinski definition) is 2. The van der Waals surface area contributed by atoms with Crippen molar-refractivity contribution in [1.82, 2.24) is 25.3 Å². The number of H-pyrrole nitrogens is 1. The van der Waals surface area contributed by atoms with Gasteiger partial charge < -0.3 is 5.32 Å². The van der Waals surface area contributed by atoms with Crippen molar-refractivity contribution >= 4 is 16.8 Å². The number of aromatic nitrogens is 2. The van der Waals surface area contributed by atoms with Crippen LogP contribution >= 0.6 is 0 Å². The summed E-state index contributed by atoms with van der Waals surface area (Å²) in [6.45, 7) is 6.90. The van der Waals surface area contributed by atoms with Crippen LogP contribution in [0.2, 0.25) is 0 Å². The molecule has 6 nitrogen and oxygen atoms in total. The maximum absolute atomic E-state index is 12.5. The molecule has 1 aromatic carbocycles. The maximum Gasteiger partial charge on any atom is 0.237 e. The summed E-state index contributed by atoms with van der Waals surface area (Å²) < 4.78 is 0. The number of amides is 1. The number of nitrogens with one attached hydrogen (secondary N) is 2. The lowest BCUT2D eigenvalue weighted by molar-refractivity contribution is -0.127. The number of carbonyl (C=O) groups excluding carboxylic acids is 1. The van der Waals surface area contributed by atoms with Crippen molar-refractivity contribution in [3.8, 4) is 0 Å². The van der Waals surface area contributed by atoms with Gasteiger partial charge in [0.15, 0.2) is 0 Å². The van der Waals surface area contributed by atoms with Crippen LogP contribution < -0.4 is 5.32 Å². The maximum atomic E-state index is 12.5. The normalized spacial score (nSPS) is 21.3. The van der Waals surface area contributed by atoms with Crippen LogP contribution in [0.25, 0.3) is 10.9 Å². The Labute approximate surface area is 154 Å². The van der Waals surface area contributed by atoms with Crippen molar-refractivity contribution < 1.29 is 4.79 Å². The van der Waals surface area contributed by atoms with E-state index in [1.54, 1.807) is 0 Å². The highest BCUT2D eigenvalue weighted by Crippen LogP contribution is 2.19. The molecular formula is C20H29N5O. The summed E-state index contributed by atoms with van der Waals surface area (Å²) in [7, 11) is 0. The van der Waals surface area contributed by atoms with Crippen LogP contribution in [-0.2, 0) is 11.3 Å². The van der Waals surface area contributed by atoms with Crippen LogP contribution in [0.4, 0.5) is 0 Å². The van der Waals surface area contributed by atoms with Gasteiger partial charge in [-0.05, 0) is 31.4 Å². The third-order valence-electron chi connectivity index (χ3n) is 5.95. The zero-order valence-electron chi connectivity index (χ0n) is 15.6. The lowest BCUT2D eigenvalue weighted by Gasteiger charge is -2.37. The SMILES string of the molecule is CC(C(=O)NC1CCCC1)N1CCN(Cc2ccc3cn[nH]c3c2)CC1. The quantitative estimate of drug-likeness (QED) is 0.862. The third-order valence-corrected chi connectivity index (χ3v) is 5.95. The first-order valence-corrected chi connectivity index (χ1v) is 9.88. The van der Waals surface area contributed by atoms with E-state index in [1.165, 1.54) is 18.4 Å². The highest BCUT2D eigenvalue weighted by Gasteiger charge is 2.27. The average molecular weight is 355 g/mol. The average Bonchev–Trinajstić information content (AvgIpc) is 3.33. The van der Waals surface area contributed by atoms with Gasteiger partial charge in [0.2, 0.25) is 5.91 Å². The summed E-state index contributed by atoms with van der Waals surface area (Å²) in [4.78, 5) is 17.3. The lowest BCUT2D eigenvalue weighted by atomic mass is 10.1. The monoisotopic (exact) mass is 355 g/mol. The van der Waals surface area contributed by atoms with Gasteiger partial charge in [-0.25, -0.2) is 0 Å². The summed E-state index contributed by atoms with van der Waals surface area (Å²) >= 11 is 0. The third kappa shape index (κ3) is 3.91. The molecule has 1 aliphatic carbocycles. The van der Waals surface area contributed by atoms with E-state index in [9.17, 15) is 4.79 Å². The molecule has 26 heavy (non-hydrogen) atoms. The van der Waals surface area contributed by atoms with Gasteiger partial charge in [0.05, 0.1) is 17.8 Å². The molecule has 2 aliphatic rings. The second-order valence-corrected chi connectivity index (χ2v) is 7.77. The van der Waals surface area contributed by atoms with Crippen LogP contribution in [0.1, 0.15) is 38.2 Å². The molecule has 2 heterocycles. The molecular weight excluding hydrogens is 326 g/mol. The van der Waals surface area contributed by atoms with Gasteiger partial charge in [-0.15, -0.1) is 0 Å². The van der Waals surface area contributed by atoms with Crippen molar-refractivity contribution in [3.63, 3.8) is 0 Å². The van der Waals surface area contributed by atoms with E-state index >= 15 is 0 Å². The van der Waals surface area contributed by atoms with Crippen molar-refractivity contribution in [2.75, 3.05) is 26.2 Å². The fraction of sp³-hybridized carbons (Fsp3) is 0.600. The lowest BCUT2D eigenvalue weighted by Crippen LogP contribution is -2.54. The fourth-order valence-corrected chi connectivity index (χ4v) is 4.21. The van der Waals surface area contributed by atoms with Gasteiger partial charge in [-0.1, -0.05) is 25.0 Å². The first-order valence-electron chi connectivity index (χ1n) is 9.88. The van der Waals surface area contributed by atoms with Gasteiger partial charge in [0.1, 0.15) is 0 Å². The molecule has 6 heteroatoms. The van der Waals surface area contributed by atoms with Gasteiger partial charge in [0, 0.05) is 44.2 Å². The Morgan fingerprint density at radius 3 is 2.81 bits per heavy atom. The van der Waals surface area contributed by atoms with Crippen molar-refractivity contribution in [1.29, 1.82) is 0 Å². The van der Waals surface area contributed by atoms with Crippen molar-refractivity contribution in [2.24, 2.45) is 0 Å². The minimum absolute atomic E-state index is 0.0286. The fourth-order valence-electron chi connectivity index (χ4n) is 4.21. The van der Waals surface area contributed by atoms with E-state index in [-0.39, 0.29) is 11.9 Å². The molecule has 140 valence electrons. The summed E-state index contributed by atoms with van der Waals surface area (Å²) in [6.07, 6.45) is 6.65. The summed E-state index contributed by atoms with van der Waals surface area (Å²) in [5.74, 6) is 0.204. The largest absolute Gasteiger partial charge is 0.352 e. The molecule has 1 aliphatic heterocycles. The van der Waals surface area contributed by atoms with Gasteiger partial charge >= 0.3 is 0 Å². The Kier molecular flexibility index (Phi) is 5.22. The standard InChI is InChI=1S/C20H29N5O/c1-15(20(26)22-18-4-2-3-5-18)25-10-8-24(9-11-25)14-16-6-7-17-13-21-23-19(17)12-16/h6-7,12-13,15,18H,2-5,8-11,14H2,1H3,(H,21,23)(H,22,26). The predicted octanol–water partition coefficient (Wildman–Crippen LogP) is 2.13. The Balaban J connectivity index is 1.27. The molecule has 4 rings (SSSR count). The van der Waals surface area contributed by atoms with Crippen LogP contribution in [0.15, 0.2) is 24.4 Å². The molecule has 2 aromatic rings. The summed E-state index contributed by atoms with van der Waals surface area (Å²) in [5.41, 5.74) is 2.40. The van der Waals surface area contributed by atoms with E-state index in [4.69, 9.17) is 0 Å². The van der Waals surface area contributed by atoms with E-state index in [2.05, 4.69) is 43.5 Å². The van der Waals surface area contributed by atoms with Crippen LogP contribution in [0.3, 0.4) is 0 Å². The molecule has 1 unspecified atom stereocenters. The second kappa shape index (κ2) is 7.76. The number of piperazine rings is 1. The van der Waals surface area contributed by atoms with E-state index in [0.29, 0.717) is 6.04 Å². The van der Waals surface area contributed by atoms with Gasteiger partial charge in [-0.2, -0.15) is 5.10 Å². The molecule has 1 saturated heterocycles. The molecule has 0 bridgehead atoms.